The first-order valence-corrected chi connectivity index (χ1v) is 8.77. The van der Waals surface area contributed by atoms with E-state index in [0.717, 1.165) is 0 Å². The molecule has 2 atom stereocenters. The van der Waals surface area contributed by atoms with Crippen molar-refractivity contribution in [1.29, 1.82) is 0 Å². The van der Waals surface area contributed by atoms with Crippen LogP contribution in [0.3, 0.4) is 0 Å². The van der Waals surface area contributed by atoms with Gasteiger partial charge in [-0.3, -0.25) is 18.7 Å². The number of carboxylic acid groups (broad SMARTS) is 2. The van der Waals surface area contributed by atoms with Crippen LogP contribution < -0.4 is 0 Å². The SMILES string of the molecule is CCC(C(=O)O)C(CCP(=O)(O)O)(C(=O)O)P(=O)(O)O. The van der Waals surface area contributed by atoms with Crippen molar-refractivity contribution in [1.82, 2.24) is 0 Å². The van der Waals surface area contributed by atoms with Gasteiger partial charge in [-0.2, -0.15) is 0 Å². The Balaban J connectivity index is 5.98. The third-order valence-corrected chi connectivity index (χ3v) is 5.53. The van der Waals surface area contributed by atoms with E-state index in [2.05, 4.69) is 0 Å². The summed E-state index contributed by atoms with van der Waals surface area (Å²) in [5.74, 6) is -5.84. The van der Waals surface area contributed by atoms with Gasteiger partial charge in [0.05, 0.1) is 12.1 Å². The first-order valence-electron chi connectivity index (χ1n) is 5.36. The van der Waals surface area contributed by atoms with Crippen LogP contribution in [-0.4, -0.2) is 53.0 Å². The van der Waals surface area contributed by atoms with Crippen LogP contribution in [0.25, 0.3) is 0 Å². The average Bonchev–Trinajstić information content (AvgIpc) is 2.19. The average molecular weight is 334 g/mol. The molecule has 118 valence electrons. The van der Waals surface area contributed by atoms with E-state index >= 15 is 0 Å². The number of carboxylic acids is 2. The van der Waals surface area contributed by atoms with Gasteiger partial charge in [-0.15, -0.1) is 0 Å². The molecule has 10 nitrogen and oxygen atoms in total. The van der Waals surface area contributed by atoms with E-state index in [9.17, 15) is 28.5 Å². The summed E-state index contributed by atoms with van der Waals surface area (Å²) in [6.07, 6.45) is -2.72. The van der Waals surface area contributed by atoms with Crippen molar-refractivity contribution < 1.29 is 48.5 Å². The van der Waals surface area contributed by atoms with Gasteiger partial charge in [0, 0.05) is 0 Å². The molecule has 0 bridgehead atoms. The summed E-state index contributed by atoms with van der Waals surface area (Å²) in [6.45, 7) is 1.21. The molecule has 0 saturated heterocycles. The molecule has 2 unspecified atom stereocenters. The largest absolute Gasteiger partial charge is 0.481 e. The summed E-state index contributed by atoms with van der Waals surface area (Å²) < 4.78 is 22.3. The van der Waals surface area contributed by atoms with Gasteiger partial charge in [0.2, 0.25) is 0 Å². The molecular formula is C8H16O10P2. The van der Waals surface area contributed by atoms with Gasteiger partial charge >= 0.3 is 27.1 Å². The Morgan fingerprint density at radius 3 is 1.75 bits per heavy atom. The number of hydrogen-bond donors (Lipinski definition) is 6. The smallest absolute Gasteiger partial charge is 0.343 e. The summed E-state index contributed by atoms with van der Waals surface area (Å²) in [7, 11) is -10.3. The molecule has 0 aromatic rings. The maximum atomic E-state index is 11.5. The van der Waals surface area contributed by atoms with Gasteiger partial charge in [0.1, 0.15) is 0 Å². The lowest BCUT2D eigenvalue weighted by Crippen LogP contribution is -2.49. The van der Waals surface area contributed by atoms with Crippen molar-refractivity contribution in [2.24, 2.45) is 5.92 Å². The minimum Gasteiger partial charge on any atom is -0.481 e. The van der Waals surface area contributed by atoms with Crippen LogP contribution in [0.15, 0.2) is 0 Å². The Hall–Kier alpha value is -0.760. The minimum atomic E-state index is -5.50. The monoisotopic (exact) mass is 334 g/mol. The summed E-state index contributed by atoms with van der Waals surface area (Å²) >= 11 is 0. The van der Waals surface area contributed by atoms with Crippen molar-refractivity contribution in [3.05, 3.63) is 0 Å². The second-order valence-corrected chi connectivity index (χ2v) is 7.87. The van der Waals surface area contributed by atoms with Gasteiger partial charge in [-0.1, -0.05) is 6.92 Å². The van der Waals surface area contributed by atoms with E-state index in [1.54, 1.807) is 0 Å². The van der Waals surface area contributed by atoms with Crippen molar-refractivity contribution in [2.45, 2.75) is 24.9 Å². The van der Waals surface area contributed by atoms with Crippen LogP contribution in [0.5, 0.6) is 0 Å². The van der Waals surface area contributed by atoms with Crippen molar-refractivity contribution in [2.75, 3.05) is 6.16 Å². The van der Waals surface area contributed by atoms with E-state index < -0.39 is 57.2 Å². The van der Waals surface area contributed by atoms with Crippen molar-refractivity contribution in [3.8, 4) is 0 Å². The van der Waals surface area contributed by atoms with Gasteiger partial charge < -0.3 is 29.8 Å². The molecular weight excluding hydrogens is 318 g/mol. The van der Waals surface area contributed by atoms with E-state index in [0.29, 0.717) is 0 Å². The highest BCUT2D eigenvalue weighted by Crippen LogP contribution is 2.59. The summed E-state index contributed by atoms with van der Waals surface area (Å²) in [6, 6.07) is 0. The summed E-state index contributed by atoms with van der Waals surface area (Å²) in [5.41, 5.74) is 0. The second kappa shape index (κ2) is 6.34. The molecule has 0 aliphatic heterocycles. The van der Waals surface area contributed by atoms with Crippen LogP contribution in [0.2, 0.25) is 0 Å². The van der Waals surface area contributed by atoms with E-state index in [1.807, 2.05) is 0 Å². The van der Waals surface area contributed by atoms with E-state index in [4.69, 9.17) is 20.0 Å². The van der Waals surface area contributed by atoms with Crippen LogP contribution in [0, 0.1) is 5.92 Å². The standard InChI is InChI=1S/C8H16O10P2/c1-2-5(6(9)10)8(7(11)12,20(16,17)18)3-4-19(13,14)15/h5H,2-4H2,1H3,(H,9,10)(H,11,12)(H2,13,14,15)(H2,16,17,18). The van der Waals surface area contributed by atoms with Gasteiger partial charge in [-0.05, 0) is 12.8 Å². The molecule has 0 saturated carbocycles. The molecule has 0 aromatic heterocycles. The quantitative estimate of drug-likeness (QED) is 0.320. The lowest BCUT2D eigenvalue weighted by Gasteiger charge is -2.34. The molecule has 20 heavy (non-hydrogen) atoms. The zero-order valence-corrected chi connectivity index (χ0v) is 12.2. The predicted octanol–water partition coefficient (Wildman–Crippen LogP) is -0.334. The normalized spacial score (nSPS) is 17.2. The molecule has 0 rings (SSSR count). The van der Waals surface area contributed by atoms with Crippen LogP contribution in [-0.2, 0) is 18.7 Å². The van der Waals surface area contributed by atoms with Crippen molar-refractivity contribution in [3.63, 3.8) is 0 Å². The van der Waals surface area contributed by atoms with Gasteiger partial charge in [0.25, 0.3) is 0 Å². The molecule has 0 aromatic carbocycles. The zero-order valence-electron chi connectivity index (χ0n) is 10.4. The Morgan fingerprint density at radius 2 is 1.55 bits per heavy atom. The highest BCUT2D eigenvalue weighted by Gasteiger charge is 2.61. The molecule has 0 aliphatic carbocycles. The lowest BCUT2D eigenvalue weighted by molar-refractivity contribution is -0.152. The number of rotatable bonds is 8. The molecule has 0 heterocycles. The Kier molecular flexibility index (Phi) is 6.10. The molecule has 0 spiro atoms. The fourth-order valence-electron chi connectivity index (χ4n) is 1.94. The number of hydrogen-bond acceptors (Lipinski definition) is 4. The third-order valence-electron chi connectivity index (χ3n) is 2.96. The maximum absolute atomic E-state index is 11.5. The molecule has 0 amide bonds. The lowest BCUT2D eigenvalue weighted by atomic mass is 9.87. The zero-order chi connectivity index (χ0) is 16.4. The minimum absolute atomic E-state index is 0.423. The summed E-state index contributed by atoms with van der Waals surface area (Å²) in [5, 5.41) is 15.0. The van der Waals surface area contributed by atoms with Crippen LogP contribution in [0.1, 0.15) is 19.8 Å². The van der Waals surface area contributed by atoms with E-state index in [-0.39, 0.29) is 0 Å². The van der Waals surface area contributed by atoms with E-state index in [1.165, 1.54) is 6.92 Å². The Labute approximate surface area is 113 Å². The molecule has 12 heteroatoms. The maximum Gasteiger partial charge on any atom is 0.343 e. The Morgan fingerprint density at radius 1 is 1.10 bits per heavy atom. The number of aliphatic carboxylic acids is 2. The fourth-order valence-corrected chi connectivity index (χ4v) is 4.11. The van der Waals surface area contributed by atoms with Gasteiger partial charge in [0.15, 0.2) is 5.16 Å². The summed E-state index contributed by atoms with van der Waals surface area (Å²) in [4.78, 5) is 58.3. The number of carbonyl (C=O) groups is 2. The van der Waals surface area contributed by atoms with Crippen molar-refractivity contribution >= 4 is 27.1 Å². The fraction of sp³-hybridized carbons (Fsp3) is 0.750. The topological polar surface area (TPSA) is 190 Å². The molecule has 6 N–H and O–H groups in total. The van der Waals surface area contributed by atoms with Crippen LogP contribution >= 0.6 is 15.2 Å². The molecule has 0 fully saturated rings. The third kappa shape index (κ3) is 4.12. The Bertz CT molecular complexity index is 476. The predicted molar refractivity (Wildman–Crippen MR) is 65.4 cm³/mol. The molecule has 0 aliphatic rings. The second-order valence-electron chi connectivity index (χ2n) is 4.21. The van der Waals surface area contributed by atoms with Gasteiger partial charge in [-0.25, -0.2) is 0 Å². The molecule has 0 radical (unpaired) electrons. The van der Waals surface area contributed by atoms with Crippen LogP contribution in [0.4, 0.5) is 0 Å². The first kappa shape index (κ1) is 19.2. The highest BCUT2D eigenvalue weighted by molar-refractivity contribution is 7.55. The highest BCUT2D eigenvalue weighted by atomic mass is 31.2. The first-order chi connectivity index (χ1) is 8.79.